The van der Waals surface area contributed by atoms with Crippen LogP contribution in [0.2, 0.25) is 0 Å². The molecule has 1 aliphatic heterocycles. The van der Waals surface area contributed by atoms with Gasteiger partial charge in [-0.25, -0.2) is 14.4 Å². The van der Waals surface area contributed by atoms with E-state index in [2.05, 4.69) is 32.5 Å². The van der Waals surface area contributed by atoms with Crippen molar-refractivity contribution in [1.82, 2.24) is 20.2 Å². The minimum atomic E-state index is -0.522. The third-order valence-electron chi connectivity index (χ3n) is 9.12. The number of para-hydroxylation sites is 2. The molecule has 10 nitrogen and oxygen atoms in total. The van der Waals surface area contributed by atoms with Crippen molar-refractivity contribution in [3.63, 3.8) is 0 Å². The molecule has 256 valence electrons. The first kappa shape index (κ1) is 33.9. The van der Waals surface area contributed by atoms with Crippen molar-refractivity contribution in [3.05, 3.63) is 101 Å². The lowest BCUT2D eigenvalue weighted by atomic mass is 10.00. The number of ether oxygens (including phenoxy) is 1. The zero-order chi connectivity index (χ0) is 34.3. The van der Waals surface area contributed by atoms with Crippen LogP contribution < -0.4 is 25.3 Å². The highest BCUT2D eigenvalue weighted by molar-refractivity contribution is 6.06. The predicted octanol–water partition coefficient (Wildman–Crippen LogP) is 7.01. The van der Waals surface area contributed by atoms with Crippen LogP contribution in [0.3, 0.4) is 0 Å². The number of likely N-dealkylation sites (tertiary alicyclic amines) is 1. The van der Waals surface area contributed by atoms with Crippen molar-refractivity contribution in [3.8, 4) is 11.5 Å². The average molecular weight is 667 g/mol. The molecule has 1 saturated heterocycles. The Bertz CT molecular complexity index is 1760. The van der Waals surface area contributed by atoms with Crippen molar-refractivity contribution >= 4 is 29.1 Å². The van der Waals surface area contributed by atoms with Crippen LogP contribution in [0, 0.1) is 25.6 Å². The van der Waals surface area contributed by atoms with Crippen molar-refractivity contribution in [2.45, 2.75) is 58.4 Å². The van der Waals surface area contributed by atoms with Crippen LogP contribution in [0.4, 0.5) is 21.7 Å². The van der Waals surface area contributed by atoms with Crippen LogP contribution in [0.15, 0.2) is 73.1 Å². The molecule has 3 aromatic carbocycles. The van der Waals surface area contributed by atoms with Crippen LogP contribution in [0.1, 0.15) is 70.4 Å². The van der Waals surface area contributed by atoms with Crippen LogP contribution in [-0.2, 0) is 0 Å². The second kappa shape index (κ2) is 15.5. The highest BCUT2D eigenvalue weighted by Gasteiger charge is 2.27. The molecule has 1 aromatic heterocycles. The van der Waals surface area contributed by atoms with Gasteiger partial charge in [-0.3, -0.25) is 9.59 Å². The summed E-state index contributed by atoms with van der Waals surface area (Å²) < 4.78 is 20.7. The summed E-state index contributed by atoms with van der Waals surface area (Å²) in [7, 11) is 2.09. The molecule has 1 unspecified atom stereocenters. The highest BCUT2D eigenvalue weighted by atomic mass is 19.1. The average Bonchev–Trinajstić information content (AvgIpc) is 3.61. The lowest BCUT2D eigenvalue weighted by molar-refractivity contribution is 0.0863. The Morgan fingerprint density at radius 3 is 2.39 bits per heavy atom. The van der Waals surface area contributed by atoms with Gasteiger partial charge in [-0.1, -0.05) is 43.2 Å². The molecule has 11 heteroatoms. The van der Waals surface area contributed by atoms with Gasteiger partial charge in [-0.05, 0) is 88.5 Å². The largest absolute Gasteiger partial charge is 0.490 e. The van der Waals surface area contributed by atoms with E-state index in [1.54, 1.807) is 36.4 Å². The summed E-state index contributed by atoms with van der Waals surface area (Å²) in [5, 5.41) is 7.29. The van der Waals surface area contributed by atoms with Gasteiger partial charge in [0.1, 0.15) is 0 Å². The molecule has 4 aromatic rings. The molecule has 2 aliphatic rings. The Morgan fingerprint density at radius 2 is 1.67 bits per heavy atom. The zero-order valence-corrected chi connectivity index (χ0v) is 28.2. The fraction of sp³-hybridized carbons (Fsp3) is 0.368. The minimum absolute atomic E-state index is 0.123. The molecule has 2 N–H and O–H groups in total. The van der Waals surface area contributed by atoms with Crippen LogP contribution in [0.5, 0.6) is 11.5 Å². The molecule has 6 rings (SSSR count). The number of amides is 2. The summed E-state index contributed by atoms with van der Waals surface area (Å²) in [5.41, 5.74) is 3.09. The number of aryl methyl sites for hydroxylation is 2. The Labute approximate surface area is 286 Å². The lowest BCUT2D eigenvalue weighted by Gasteiger charge is -2.29. The molecule has 2 heterocycles. The van der Waals surface area contributed by atoms with Gasteiger partial charge in [0.15, 0.2) is 17.3 Å². The number of benzene rings is 3. The number of hydrogen-bond donors (Lipinski definition) is 2. The lowest BCUT2D eigenvalue weighted by Crippen LogP contribution is -2.37. The van der Waals surface area contributed by atoms with E-state index in [9.17, 15) is 14.0 Å². The monoisotopic (exact) mass is 666 g/mol. The van der Waals surface area contributed by atoms with Gasteiger partial charge in [0.2, 0.25) is 5.95 Å². The Kier molecular flexibility index (Phi) is 10.7. The van der Waals surface area contributed by atoms with Crippen molar-refractivity contribution < 1.29 is 23.6 Å². The van der Waals surface area contributed by atoms with E-state index >= 15 is 0 Å². The van der Waals surface area contributed by atoms with E-state index < -0.39 is 11.7 Å². The van der Waals surface area contributed by atoms with Crippen molar-refractivity contribution in [1.29, 1.82) is 0 Å². The molecule has 0 bridgehead atoms. The number of piperidine rings is 1. The van der Waals surface area contributed by atoms with Gasteiger partial charge >= 0.3 is 0 Å². The third-order valence-corrected chi connectivity index (χ3v) is 9.12. The number of hydroxylamine groups is 1. The second-order valence-corrected chi connectivity index (χ2v) is 13.0. The normalized spacial score (nSPS) is 16.6. The Balaban J connectivity index is 1.18. The highest BCUT2D eigenvalue weighted by Crippen LogP contribution is 2.30. The number of rotatable bonds is 11. The van der Waals surface area contributed by atoms with Gasteiger partial charge in [0, 0.05) is 42.7 Å². The topological polar surface area (TPSA) is 109 Å². The molecule has 1 saturated carbocycles. The fourth-order valence-electron chi connectivity index (χ4n) is 6.54. The van der Waals surface area contributed by atoms with Crippen LogP contribution in [0.25, 0.3) is 0 Å². The van der Waals surface area contributed by atoms with E-state index in [4.69, 9.17) is 9.57 Å². The maximum atomic E-state index is 14.9. The fourth-order valence-corrected chi connectivity index (χ4v) is 6.54. The van der Waals surface area contributed by atoms with Gasteiger partial charge in [-0.15, -0.1) is 5.06 Å². The molecule has 0 spiro atoms. The number of halogens is 1. The third kappa shape index (κ3) is 8.34. The van der Waals surface area contributed by atoms with Crippen LogP contribution >= 0.6 is 0 Å². The summed E-state index contributed by atoms with van der Waals surface area (Å²) in [6.45, 7) is 6.26. The number of anilines is 3. The second-order valence-electron chi connectivity index (χ2n) is 13.0. The Morgan fingerprint density at radius 1 is 0.939 bits per heavy atom. The maximum absolute atomic E-state index is 14.9. The van der Waals surface area contributed by atoms with Gasteiger partial charge in [0.05, 0.1) is 23.4 Å². The maximum Gasteiger partial charge on any atom is 0.294 e. The molecule has 1 aliphatic carbocycles. The molecular formula is C38H43FN6O4. The summed E-state index contributed by atoms with van der Waals surface area (Å²) in [6.07, 6.45) is 9.02. The number of aromatic nitrogens is 2. The standard InChI is InChI=1S/C38H43FN6O4/c1-25-10-8-11-26(2)35(25)45(49-33-16-7-6-15-31(33)36(46)42-29-13-4-5-14-29)37(47)28-21-40-38(41-22-28)43-30-17-18-34(32(39)20-30)48-24-27-12-9-19-44(3)23-27/h6-8,10-11,15-18,20-22,27,29H,4-5,9,12-14,19,23-24H2,1-3H3,(H,42,46)(H,40,41,43). The van der Waals surface area contributed by atoms with Gasteiger partial charge in [0.25, 0.3) is 11.8 Å². The SMILES string of the molecule is Cc1cccc(C)c1N(Oc1ccccc1C(=O)NC1CCCC1)C(=O)c1cnc(Nc2ccc(OCC3CCCN(C)C3)c(F)c2)nc1. The molecule has 0 radical (unpaired) electrons. The van der Waals surface area contributed by atoms with E-state index in [0.29, 0.717) is 29.5 Å². The van der Waals surface area contributed by atoms with E-state index in [0.717, 1.165) is 62.7 Å². The molecule has 2 amide bonds. The number of nitrogens with one attached hydrogen (secondary N) is 2. The number of hydrogen-bond acceptors (Lipinski definition) is 8. The van der Waals surface area contributed by atoms with Gasteiger partial charge < -0.3 is 25.1 Å². The number of carbonyl (C=O) groups excluding carboxylic acids is 2. The molecule has 2 fully saturated rings. The van der Waals surface area contributed by atoms with Crippen molar-refractivity contribution in [2.24, 2.45) is 5.92 Å². The first-order valence-corrected chi connectivity index (χ1v) is 16.9. The first-order chi connectivity index (χ1) is 23.7. The van der Waals surface area contributed by atoms with Crippen molar-refractivity contribution in [2.75, 3.05) is 37.1 Å². The van der Waals surface area contributed by atoms with E-state index in [1.807, 2.05) is 32.0 Å². The smallest absolute Gasteiger partial charge is 0.294 e. The zero-order valence-electron chi connectivity index (χ0n) is 28.2. The summed E-state index contributed by atoms with van der Waals surface area (Å²) in [6, 6.07) is 17.3. The summed E-state index contributed by atoms with van der Waals surface area (Å²) in [4.78, 5) is 44.6. The predicted molar refractivity (Wildman–Crippen MR) is 187 cm³/mol. The molecule has 49 heavy (non-hydrogen) atoms. The minimum Gasteiger partial charge on any atom is -0.490 e. The molecular weight excluding hydrogens is 623 g/mol. The number of nitrogens with zero attached hydrogens (tertiary/aromatic N) is 4. The summed E-state index contributed by atoms with van der Waals surface area (Å²) >= 11 is 0. The summed E-state index contributed by atoms with van der Waals surface area (Å²) in [5.74, 6) is -0.256. The first-order valence-electron chi connectivity index (χ1n) is 16.9. The molecule has 1 atom stereocenters. The Hall–Kier alpha value is -5.03. The van der Waals surface area contributed by atoms with E-state index in [-0.39, 0.29) is 35.0 Å². The van der Waals surface area contributed by atoms with Crippen LogP contribution in [-0.4, -0.2) is 59.5 Å². The van der Waals surface area contributed by atoms with Gasteiger partial charge in [-0.2, -0.15) is 0 Å². The number of carbonyl (C=O) groups is 2. The quantitative estimate of drug-likeness (QED) is 0.165. The van der Waals surface area contributed by atoms with E-state index in [1.165, 1.54) is 23.5 Å².